The Labute approximate surface area is 142 Å². The molecular weight excluding hydrogens is 309 g/mol. The van der Waals surface area contributed by atoms with E-state index in [1.54, 1.807) is 12.1 Å². The van der Waals surface area contributed by atoms with Crippen LogP contribution in [0.4, 0.5) is 4.39 Å². The van der Waals surface area contributed by atoms with Gasteiger partial charge in [0.25, 0.3) is 0 Å². The van der Waals surface area contributed by atoms with Crippen molar-refractivity contribution in [3.63, 3.8) is 0 Å². The minimum Gasteiger partial charge on any atom is -0.361 e. The molecule has 0 aliphatic rings. The lowest BCUT2D eigenvalue weighted by Crippen LogP contribution is -2.40. The lowest BCUT2D eigenvalue weighted by Gasteiger charge is -2.25. The van der Waals surface area contributed by atoms with E-state index in [4.69, 9.17) is 12.2 Å². The fraction of sp³-hybridized carbons (Fsp3) is 0.278. The molecule has 0 aromatic heterocycles. The molecule has 2 N–H and O–H groups in total. The van der Waals surface area contributed by atoms with Crippen molar-refractivity contribution < 1.29 is 4.39 Å². The van der Waals surface area contributed by atoms with Gasteiger partial charge in [-0.2, -0.15) is 0 Å². The van der Waals surface area contributed by atoms with Crippen molar-refractivity contribution in [1.29, 1.82) is 0 Å². The summed E-state index contributed by atoms with van der Waals surface area (Å²) in [5.74, 6) is -0.230. The zero-order valence-corrected chi connectivity index (χ0v) is 14.2. The minimum absolute atomic E-state index is 0.230. The molecule has 0 saturated heterocycles. The molecule has 0 amide bonds. The highest BCUT2D eigenvalue weighted by molar-refractivity contribution is 7.80. The van der Waals surface area contributed by atoms with Crippen LogP contribution in [0.3, 0.4) is 0 Å². The Morgan fingerprint density at radius 1 is 1.04 bits per heavy atom. The van der Waals surface area contributed by atoms with E-state index in [2.05, 4.69) is 27.7 Å². The average molecular weight is 331 g/mol. The Hall–Kier alpha value is -1.98. The second kappa shape index (κ2) is 8.60. The van der Waals surface area contributed by atoms with Crippen LogP contribution < -0.4 is 10.6 Å². The largest absolute Gasteiger partial charge is 0.361 e. The zero-order valence-electron chi connectivity index (χ0n) is 13.4. The Morgan fingerprint density at radius 3 is 2.30 bits per heavy atom. The standard InChI is InChI=1S/C18H22FN3S/c1-22(2)17(15-6-4-3-5-7-15)13-21-18(23)20-12-14-8-10-16(19)11-9-14/h3-11,17H,12-13H2,1-2H3,(H2,20,21,23)/t17-/m0/s1. The van der Waals surface area contributed by atoms with Crippen LogP contribution in [-0.2, 0) is 6.54 Å². The van der Waals surface area contributed by atoms with Gasteiger partial charge >= 0.3 is 0 Å². The first-order valence-corrected chi connectivity index (χ1v) is 7.94. The summed E-state index contributed by atoms with van der Waals surface area (Å²) in [7, 11) is 4.10. The number of nitrogens with zero attached hydrogens (tertiary/aromatic N) is 1. The first kappa shape index (κ1) is 17.4. The van der Waals surface area contributed by atoms with Gasteiger partial charge in [0.15, 0.2) is 5.11 Å². The van der Waals surface area contributed by atoms with Gasteiger partial charge in [0, 0.05) is 13.1 Å². The van der Waals surface area contributed by atoms with Crippen LogP contribution in [-0.4, -0.2) is 30.7 Å². The molecule has 0 aliphatic carbocycles. The molecule has 0 heterocycles. The van der Waals surface area contributed by atoms with Crippen molar-refractivity contribution >= 4 is 17.3 Å². The van der Waals surface area contributed by atoms with Gasteiger partial charge in [0.05, 0.1) is 6.04 Å². The molecule has 0 fully saturated rings. The number of hydrogen-bond donors (Lipinski definition) is 2. The summed E-state index contributed by atoms with van der Waals surface area (Å²) in [4.78, 5) is 2.16. The van der Waals surface area contributed by atoms with Crippen molar-refractivity contribution in [3.05, 3.63) is 71.5 Å². The number of nitrogens with one attached hydrogen (secondary N) is 2. The molecule has 3 nitrogen and oxygen atoms in total. The summed E-state index contributed by atoms with van der Waals surface area (Å²) in [6.07, 6.45) is 0. The SMILES string of the molecule is CN(C)[C@@H](CNC(=S)NCc1ccc(F)cc1)c1ccccc1. The highest BCUT2D eigenvalue weighted by atomic mass is 32.1. The summed E-state index contributed by atoms with van der Waals surface area (Å²) in [6, 6.07) is 16.9. The van der Waals surface area contributed by atoms with E-state index < -0.39 is 0 Å². The molecular formula is C18H22FN3S. The van der Waals surface area contributed by atoms with Gasteiger partial charge in [-0.05, 0) is 49.6 Å². The van der Waals surface area contributed by atoms with Crippen molar-refractivity contribution in [1.82, 2.24) is 15.5 Å². The molecule has 0 saturated carbocycles. The third kappa shape index (κ3) is 5.62. The lowest BCUT2D eigenvalue weighted by atomic mass is 10.1. The average Bonchev–Trinajstić information content (AvgIpc) is 2.55. The van der Waals surface area contributed by atoms with Crippen molar-refractivity contribution in [2.75, 3.05) is 20.6 Å². The predicted molar refractivity (Wildman–Crippen MR) is 96.7 cm³/mol. The molecule has 0 bridgehead atoms. The zero-order chi connectivity index (χ0) is 16.7. The monoisotopic (exact) mass is 331 g/mol. The topological polar surface area (TPSA) is 27.3 Å². The molecule has 2 aromatic carbocycles. The number of likely N-dealkylation sites (N-methyl/N-ethyl adjacent to an activating group) is 1. The second-order valence-corrected chi connectivity index (χ2v) is 5.99. The summed E-state index contributed by atoms with van der Waals surface area (Å²) in [5.41, 5.74) is 2.23. The van der Waals surface area contributed by atoms with Gasteiger partial charge in [-0.1, -0.05) is 42.5 Å². The van der Waals surface area contributed by atoms with Gasteiger partial charge < -0.3 is 15.5 Å². The van der Waals surface area contributed by atoms with E-state index in [0.29, 0.717) is 18.2 Å². The third-order valence-electron chi connectivity index (χ3n) is 3.63. The Kier molecular flexibility index (Phi) is 6.50. The summed E-state index contributed by atoms with van der Waals surface area (Å²) >= 11 is 5.32. The van der Waals surface area contributed by atoms with E-state index >= 15 is 0 Å². The van der Waals surface area contributed by atoms with Crippen molar-refractivity contribution in [3.8, 4) is 0 Å². The van der Waals surface area contributed by atoms with E-state index in [0.717, 1.165) is 5.56 Å². The molecule has 1 atom stereocenters. The van der Waals surface area contributed by atoms with Gasteiger partial charge in [-0.25, -0.2) is 4.39 Å². The Balaban J connectivity index is 1.83. The number of hydrogen-bond acceptors (Lipinski definition) is 2. The van der Waals surface area contributed by atoms with Crippen LogP contribution >= 0.6 is 12.2 Å². The van der Waals surface area contributed by atoms with Crippen molar-refractivity contribution in [2.24, 2.45) is 0 Å². The number of benzene rings is 2. The number of rotatable bonds is 6. The predicted octanol–water partition coefficient (Wildman–Crippen LogP) is 3.09. The Morgan fingerprint density at radius 2 is 1.70 bits per heavy atom. The fourth-order valence-electron chi connectivity index (χ4n) is 2.31. The maximum atomic E-state index is 12.9. The molecule has 0 radical (unpaired) electrons. The van der Waals surface area contributed by atoms with Crippen LogP contribution in [0.5, 0.6) is 0 Å². The second-order valence-electron chi connectivity index (χ2n) is 5.58. The summed E-state index contributed by atoms with van der Waals surface area (Å²) in [6.45, 7) is 1.29. The molecule has 2 rings (SSSR count). The molecule has 23 heavy (non-hydrogen) atoms. The lowest BCUT2D eigenvalue weighted by molar-refractivity contribution is 0.298. The third-order valence-corrected chi connectivity index (χ3v) is 3.92. The van der Waals surface area contributed by atoms with Crippen LogP contribution in [0.25, 0.3) is 0 Å². The molecule has 0 unspecified atom stereocenters. The smallest absolute Gasteiger partial charge is 0.166 e. The quantitative estimate of drug-likeness (QED) is 0.796. The van der Waals surface area contributed by atoms with Gasteiger partial charge in [-0.15, -0.1) is 0 Å². The van der Waals surface area contributed by atoms with Crippen LogP contribution in [0.2, 0.25) is 0 Å². The number of halogens is 1. The van der Waals surface area contributed by atoms with E-state index in [1.165, 1.54) is 17.7 Å². The van der Waals surface area contributed by atoms with Crippen LogP contribution in [0.15, 0.2) is 54.6 Å². The summed E-state index contributed by atoms with van der Waals surface area (Å²) in [5, 5.41) is 6.99. The Bertz CT molecular complexity index is 614. The van der Waals surface area contributed by atoms with Gasteiger partial charge in [0.2, 0.25) is 0 Å². The molecule has 2 aromatic rings. The maximum absolute atomic E-state index is 12.9. The first-order chi connectivity index (χ1) is 11.1. The molecule has 122 valence electrons. The minimum atomic E-state index is -0.230. The van der Waals surface area contributed by atoms with Crippen LogP contribution in [0.1, 0.15) is 17.2 Å². The molecule has 0 spiro atoms. The van der Waals surface area contributed by atoms with Gasteiger partial charge in [0.1, 0.15) is 5.82 Å². The molecule has 0 aliphatic heterocycles. The van der Waals surface area contributed by atoms with Crippen LogP contribution in [0, 0.1) is 5.82 Å². The van der Waals surface area contributed by atoms with E-state index in [-0.39, 0.29) is 11.9 Å². The maximum Gasteiger partial charge on any atom is 0.166 e. The number of thiocarbonyl (C=S) groups is 1. The van der Waals surface area contributed by atoms with E-state index in [9.17, 15) is 4.39 Å². The molecule has 5 heteroatoms. The van der Waals surface area contributed by atoms with Gasteiger partial charge in [-0.3, -0.25) is 0 Å². The first-order valence-electron chi connectivity index (χ1n) is 7.54. The fourth-order valence-corrected chi connectivity index (χ4v) is 2.47. The van der Waals surface area contributed by atoms with Crippen molar-refractivity contribution in [2.45, 2.75) is 12.6 Å². The highest BCUT2D eigenvalue weighted by Crippen LogP contribution is 2.16. The van der Waals surface area contributed by atoms with E-state index in [1.807, 2.05) is 32.3 Å². The summed E-state index contributed by atoms with van der Waals surface area (Å²) < 4.78 is 12.9. The normalized spacial score (nSPS) is 12.0. The highest BCUT2D eigenvalue weighted by Gasteiger charge is 2.13.